The molecule has 2 amide bonds. The minimum atomic E-state index is -0.887. The van der Waals surface area contributed by atoms with Gasteiger partial charge in [0.15, 0.2) is 0 Å². The lowest BCUT2D eigenvalue weighted by Gasteiger charge is -2.35. The molecule has 0 bridgehead atoms. The number of allylic oxidation sites excluding steroid dienone is 5. The first-order chi connectivity index (χ1) is 17.3. The van der Waals surface area contributed by atoms with Crippen molar-refractivity contribution in [3.63, 3.8) is 0 Å². The maximum absolute atomic E-state index is 13.8. The van der Waals surface area contributed by atoms with Crippen molar-refractivity contribution < 1.29 is 14.3 Å². The smallest absolute Gasteiger partial charge is 0.254 e. The molecule has 2 rings (SSSR count). The Morgan fingerprint density at radius 2 is 1.94 bits per heavy atom. The molecule has 1 aromatic rings. The van der Waals surface area contributed by atoms with Gasteiger partial charge in [0.05, 0.1) is 12.3 Å². The molecule has 1 aliphatic carbocycles. The van der Waals surface area contributed by atoms with Crippen LogP contribution in [-0.4, -0.2) is 40.4 Å². The molecule has 0 saturated heterocycles. The maximum atomic E-state index is 13.8. The van der Waals surface area contributed by atoms with Crippen molar-refractivity contribution in [2.45, 2.75) is 78.5 Å². The second-order valence-corrected chi connectivity index (χ2v) is 9.40. The fourth-order valence-electron chi connectivity index (χ4n) is 4.37. The molecule has 1 saturated carbocycles. The summed E-state index contributed by atoms with van der Waals surface area (Å²) in [6.07, 6.45) is 14.1. The molecule has 6 nitrogen and oxygen atoms in total. The van der Waals surface area contributed by atoms with Crippen LogP contribution in [-0.2, 0) is 20.9 Å². The first-order valence-corrected chi connectivity index (χ1v) is 12.7. The molecule has 1 unspecified atom stereocenters. The van der Waals surface area contributed by atoms with Crippen LogP contribution in [0.25, 0.3) is 0 Å². The first kappa shape index (κ1) is 29.0. The molecule has 0 radical (unpaired) electrons. The van der Waals surface area contributed by atoms with E-state index < -0.39 is 6.04 Å². The van der Waals surface area contributed by atoms with Crippen LogP contribution < -0.4 is 5.32 Å². The highest BCUT2D eigenvalue weighted by Gasteiger charge is 2.35. The molecule has 0 aromatic carbocycles. The van der Waals surface area contributed by atoms with Crippen LogP contribution >= 0.6 is 0 Å². The van der Waals surface area contributed by atoms with Gasteiger partial charge in [0.1, 0.15) is 12.6 Å². The molecule has 1 aliphatic rings. The van der Waals surface area contributed by atoms with Crippen LogP contribution in [0, 0.1) is 0 Å². The Bertz CT molecular complexity index is 998. The second-order valence-electron chi connectivity index (χ2n) is 9.40. The van der Waals surface area contributed by atoms with E-state index in [9.17, 15) is 9.59 Å². The van der Waals surface area contributed by atoms with E-state index in [0.29, 0.717) is 11.3 Å². The number of hydrogen-bond acceptors (Lipinski definition) is 4. The SMILES string of the molecule is C=CC(=C(C)C)C(C(=O)NC1CCCCC1)N(C(=O)COCc1ccccn1)C(C=CC)=CC(=C)C. The number of pyridine rings is 1. The Kier molecular flexibility index (Phi) is 12.1. The number of carbonyl (C=O) groups excluding carboxylic acids is 2. The third-order valence-electron chi connectivity index (χ3n) is 6.03. The lowest BCUT2D eigenvalue weighted by Crippen LogP contribution is -2.53. The van der Waals surface area contributed by atoms with Gasteiger partial charge in [0, 0.05) is 17.9 Å². The fraction of sp³-hybridized carbons (Fsp3) is 0.433. The van der Waals surface area contributed by atoms with Gasteiger partial charge in [-0.2, -0.15) is 0 Å². The van der Waals surface area contributed by atoms with Crippen LogP contribution in [0.5, 0.6) is 0 Å². The normalized spacial score (nSPS) is 15.3. The summed E-state index contributed by atoms with van der Waals surface area (Å²) in [5.41, 5.74) is 3.67. The zero-order valence-corrected chi connectivity index (χ0v) is 22.3. The van der Waals surface area contributed by atoms with Crippen molar-refractivity contribution in [1.29, 1.82) is 0 Å². The number of aromatic nitrogens is 1. The molecule has 1 heterocycles. The van der Waals surface area contributed by atoms with E-state index in [0.717, 1.165) is 42.5 Å². The summed E-state index contributed by atoms with van der Waals surface area (Å²) in [4.78, 5) is 33.4. The van der Waals surface area contributed by atoms with Gasteiger partial charge in [-0.25, -0.2) is 0 Å². The Morgan fingerprint density at radius 3 is 2.50 bits per heavy atom. The Balaban J connectivity index is 2.47. The van der Waals surface area contributed by atoms with Crippen molar-refractivity contribution >= 4 is 11.8 Å². The van der Waals surface area contributed by atoms with Crippen molar-refractivity contribution in [2.75, 3.05) is 6.61 Å². The predicted molar refractivity (Wildman–Crippen MR) is 146 cm³/mol. The highest BCUT2D eigenvalue weighted by Crippen LogP contribution is 2.25. The number of ether oxygens (including phenoxy) is 1. The summed E-state index contributed by atoms with van der Waals surface area (Å²) < 4.78 is 5.75. The number of amides is 2. The van der Waals surface area contributed by atoms with E-state index in [2.05, 4.69) is 23.5 Å². The van der Waals surface area contributed by atoms with Crippen LogP contribution in [0.15, 0.2) is 84.3 Å². The molecular formula is C30H41N3O3. The van der Waals surface area contributed by atoms with E-state index >= 15 is 0 Å². The minimum absolute atomic E-state index is 0.102. The number of carbonyl (C=O) groups is 2. The number of nitrogens with zero attached hydrogens (tertiary/aromatic N) is 2. The van der Waals surface area contributed by atoms with Gasteiger partial charge in [0.25, 0.3) is 5.91 Å². The van der Waals surface area contributed by atoms with Crippen LogP contribution in [0.2, 0.25) is 0 Å². The van der Waals surface area contributed by atoms with Crippen molar-refractivity contribution in [3.05, 3.63) is 90.0 Å². The van der Waals surface area contributed by atoms with E-state index in [-0.39, 0.29) is 31.1 Å². The van der Waals surface area contributed by atoms with Gasteiger partial charge in [-0.15, -0.1) is 0 Å². The third kappa shape index (κ3) is 8.76. The molecular weight excluding hydrogens is 450 g/mol. The number of hydrogen-bond donors (Lipinski definition) is 1. The Morgan fingerprint density at radius 1 is 1.22 bits per heavy atom. The Hall–Kier alpha value is -3.25. The number of nitrogens with one attached hydrogen (secondary N) is 1. The van der Waals surface area contributed by atoms with Crippen LogP contribution in [0.4, 0.5) is 0 Å². The monoisotopic (exact) mass is 491 g/mol. The molecule has 6 heteroatoms. The average molecular weight is 492 g/mol. The van der Waals surface area contributed by atoms with Gasteiger partial charge in [-0.05, 0) is 70.4 Å². The van der Waals surface area contributed by atoms with E-state index in [4.69, 9.17) is 4.74 Å². The molecule has 1 atom stereocenters. The zero-order valence-electron chi connectivity index (χ0n) is 22.3. The molecule has 194 valence electrons. The topological polar surface area (TPSA) is 71.5 Å². The van der Waals surface area contributed by atoms with Crippen LogP contribution in [0.3, 0.4) is 0 Å². The lowest BCUT2D eigenvalue weighted by molar-refractivity contribution is -0.140. The second kappa shape index (κ2) is 15.0. The highest BCUT2D eigenvalue weighted by molar-refractivity contribution is 5.93. The van der Waals surface area contributed by atoms with Gasteiger partial charge < -0.3 is 10.1 Å². The Labute approximate surface area is 216 Å². The van der Waals surface area contributed by atoms with Gasteiger partial charge in [-0.3, -0.25) is 19.5 Å². The predicted octanol–water partition coefficient (Wildman–Crippen LogP) is 5.80. The molecule has 1 fully saturated rings. The minimum Gasteiger partial charge on any atom is -0.365 e. The summed E-state index contributed by atoms with van der Waals surface area (Å²) in [5.74, 6) is -0.547. The lowest BCUT2D eigenvalue weighted by atomic mass is 9.93. The highest BCUT2D eigenvalue weighted by atomic mass is 16.5. The first-order valence-electron chi connectivity index (χ1n) is 12.7. The van der Waals surface area contributed by atoms with Gasteiger partial charge in [0.2, 0.25) is 5.91 Å². The molecule has 0 spiro atoms. The van der Waals surface area contributed by atoms with Crippen molar-refractivity contribution in [2.24, 2.45) is 0 Å². The molecule has 1 aromatic heterocycles. The molecule has 36 heavy (non-hydrogen) atoms. The summed E-state index contributed by atoms with van der Waals surface area (Å²) in [7, 11) is 0. The van der Waals surface area contributed by atoms with Crippen molar-refractivity contribution in [3.8, 4) is 0 Å². The summed E-state index contributed by atoms with van der Waals surface area (Å²) in [6.45, 7) is 15.5. The fourth-order valence-corrected chi connectivity index (χ4v) is 4.37. The largest absolute Gasteiger partial charge is 0.365 e. The summed E-state index contributed by atoms with van der Waals surface area (Å²) >= 11 is 0. The zero-order chi connectivity index (χ0) is 26.5. The van der Waals surface area contributed by atoms with Gasteiger partial charge >= 0.3 is 0 Å². The maximum Gasteiger partial charge on any atom is 0.254 e. The van der Waals surface area contributed by atoms with Crippen LogP contribution in [0.1, 0.15) is 65.5 Å². The third-order valence-corrected chi connectivity index (χ3v) is 6.03. The summed E-state index contributed by atoms with van der Waals surface area (Å²) in [6, 6.07) is 4.75. The van der Waals surface area contributed by atoms with Gasteiger partial charge in [-0.1, -0.05) is 61.8 Å². The van der Waals surface area contributed by atoms with Crippen molar-refractivity contribution in [1.82, 2.24) is 15.2 Å². The average Bonchev–Trinajstić information content (AvgIpc) is 2.84. The molecule has 1 N–H and O–H groups in total. The molecule has 0 aliphatic heterocycles. The van der Waals surface area contributed by atoms with E-state index in [1.807, 2.05) is 64.1 Å². The van der Waals surface area contributed by atoms with E-state index in [1.165, 1.54) is 11.3 Å². The standard InChI is InChI=1S/C30H41N3O3/c1-7-14-26(19-22(3)4)33(28(34)21-36-20-25-17-12-13-18-31-25)29(27(8-2)23(5)6)30(35)32-24-15-10-9-11-16-24/h7-8,12-14,17-19,24,29H,2-3,9-11,15-16,20-21H2,1,4-6H3,(H,32,35). The van der Waals surface area contributed by atoms with E-state index in [1.54, 1.807) is 12.3 Å². The quantitative estimate of drug-likeness (QED) is 0.375. The number of rotatable bonds is 12. The summed E-state index contributed by atoms with van der Waals surface area (Å²) in [5, 5.41) is 3.22.